The lowest BCUT2D eigenvalue weighted by Gasteiger charge is -2.06. The highest BCUT2D eigenvalue weighted by atomic mass is 16.5. The second-order valence-corrected chi connectivity index (χ2v) is 6.00. The van der Waals surface area contributed by atoms with Gasteiger partial charge in [-0.25, -0.2) is 0 Å². The molecule has 0 heterocycles. The summed E-state index contributed by atoms with van der Waals surface area (Å²) in [6.07, 6.45) is 16.2. The molecule has 0 rings (SSSR count). The first-order valence-corrected chi connectivity index (χ1v) is 8.47. The normalized spacial score (nSPS) is 11.4. The second-order valence-electron chi connectivity index (χ2n) is 6.00. The van der Waals surface area contributed by atoms with Crippen molar-refractivity contribution >= 4 is 5.97 Å². The average Bonchev–Trinajstić information content (AvgIpc) is 2.42. The van der Waals surface area contributed by atoms with Gasteiger partial charge >= 0.3 is 5.97 Å². The van der Waals surface area contributed by atoms with E-state index in [0.29, 0.717) is 18.9 Å². The van der Waals surface area contributed by atoms with E-state index < -0.39 is 0 Å². The summed E-state index contributed by atoms with van der Waals surface area (Å²) in [6.45, 7) is 6.91. The molecule has 0 saturated carbocycles. The molecule has 0 amide bonds. The molecule has 0 N–H and O–H groups in total. The van der Waals surface area contributed by atoms with Crippen molar-refractivity contribution in [2.75, 3.05) is 6.61 Å². The molecule has 0 aromatic carbocycles. The van der Waals surface area contributed by atoms with Crippen LogP contribution in [-0.2, 0) is 9.53 Å². The molecule has 0 aliphatic rings. The lowest BCUT2D eigenvalue weighted by atomic mass is 10.1. The maximum atomic E-state index is 11.4. The molecule has 0 aromatic heterocycles. The fraction of sp³-hybridized carbons (Fsp3) is 0.833. The van der Waals surface area contributed by atoms with Gasteiger partial charge in [-0.1, -0.05) is 65.0 Å². The molecule has 0 bridgehead atoms. The average molecular weight is 282 g/mol. The number of allylic oxidation sites excluding steroid dienone is 2. The van der Waals surface area contributed by atoms with Crippen LogP contribution in [0.1, 0.15) is 85.0 Å². The summed E-state index contributed by atoms with van der Waals surface area (Å²) in [5.74, 6) is 0.405. The van der Waals surface area contributed by atoms with Crippen LogP contribution in [0.25, 0.3) is 0 Å². The number of unbranched alkanes of at least 4 members (excludes halogenated alkanes) is 7. The van der Waals surface area contributed by atoms with Gasteiger partial charge in [-0.2, -0.15) is 0 Å². The molecule has 0 unspecified atom stereocenters. The highest BCUT2D eigenvalue weighted by molar-refractivity contribution is 5.69. The van der Waals surface area contributed by atoms with Gasteiger partial charge in [-0.15, -0.1) is 0 Å². The van der Waals surface area contributed by atoms with Crippen LogP contribution in [0, 0.1) is 5.92 Å². The van der Waals surface area contributed by atoms with Gasteiger partial charge in [-0.05, 0) is 31.6 Å². The molecular weight excluding hydrogens is 248 g/mol. The minimum Gasteiger partial charge on any atom is -0.465 e. The molecule has 118 valence electrons. The first-order chi connectivity index (χ1) is 9.66. The molecule has 0 fully saturated rings. The Bertz CT molecular complexity index is 244. The number of hydrogen-bond donors (Lipinski definition) is 0. The summed E-state index contributed by atoms with van der Waals surface area (Å²) in [5, 5.41) is 0. The quantitative estimate of drug-likeness (QED) is 0.247. The Morgan fingerprint density at radius 1 is 0.950 bits per heavy atom. The van der Waals surface area contributed by atoms with Gasteiger partial charge in [-0.3, -0.25) is 4.79 Å². The van der Waals surface area contributed by atoms with Crippen molar-refractivity contribution in [3.63, 3.8) is 0 Å². The van der Waals surface area contributed by atoms with E-state index in [9.17, 15) is 4.79 Å². The first-order valence-electron chi connectivity index (χ1n) is 8.47. The smallest absolute Gasteiger partial charge is 0.305 e. The third-order valence-corrected chi connectivity index (χ3v) is 3.22. The Balaban J connectivity index is 3.20. The molecule has 0 atom stereocenters. The van der Waals surface area contributed by atoms with Crippen LogP contribution in [0.15, 0.2) is 12.2 Å². The van der Waals surface area contributed by atoms with Crippen LogP contribution in [0.5, 0.6) is 0 Å². The van der Waals surface area contributed by atoms with Crippen molar-refractivity contribution in [1.82, 2.24) is 0 Å². The van der Waals surface area contributed by atoms with Crippen LogP contribution in [-0.4, -0.2) is 12.6 Å². The van der Waals surface area contributed by atoms with Crippen molar-refractivity contribution in [3.8, 4) is 0 Å². The van der Waals surface area contributed by atoms with E-state index in [-0.39, 0.29) is 5.97 Å². The maximum Gasteiger partial charge on any atom is 0.305 e. The van der Waals surface area contributed by atoms with E-state index in [4.69, 9.17) is 4.74 Å². The molecule has 2 heteroatoms. The monoisotopic (exact) mass is 282 g/mol. The number of ether oxygens (including phenoxy) is 1. The van der Waals surface area contributed by atoms with Gasteiger partial charge in [0.2, 0.25) is 0 Å². The number of hydrogen-bond acceptors (Lipinski definition) is 2. The number of carbonyl (C=O) groups excluding carboxylic acids is 1. The van der Waals surface area contributed by atoms with Crippen LogP contribution in [0.3, 0.4) is 0 Å². The Morgan fingerprint density at radius 3 is 2.20 bits per heavy atom. The second kappa shape index (κ2) is 14.6. The van der Waals surface area contributed by atoms with E-state index in [1.165, 1.54) is 44.9 Å². The molecular formula is C18H34O2. The van der Waals surface area contributed by atoms with Gasteiger partial charge in [0.1, 0.15) is 0 Å². The van der Waals surface area contributed by atoms with E-state index in [2.05, 4.69) is 32.9 Å². The van der Waals surface area contributed by atoms with Crippen molar-refractivity contribution in [1.29, 1.82) is 0 Å². The third kappa shape index (κ3) is 15.3. The predicted octanol–water partition coefficient (Wildman–Crippen LogP) is 5.66. The van der Waals surface area contributed by atoms with E-state index in [1.807, 2.05) is 0 Å². The third-order valence-electron chi connectivity index (χ3n) is 3.22. The van der Waals surface area contributed by atoms with Gasteiger partial charge in [0.15, 0.2) is 0 Å². The van der Waals surface area contributed by atoms with E-state index >= 15 is 0 Å². The van der Waals surface area contributed by atoms with Gasteiger partial charge in [0, 0.05) is 6.42 Å². The number of carbonyl (C=O) groups is 1. The minimum absolute atomic E-state index is 0.0300. The maximum absolute atomic E-state index is 11.4. The van der Waals surface area contributed by atoms with Gasteiger partial charge in [0.05, 0.1) is 6.61 Å². The minimum atomic E-state index is -0.0300. The van der Waals surface area contributed by atoms with Gasteiger partial charge in [0.25, 0.3) is 0 Å². The Hall–Kier alpha value is -0.790. The number of esters is 1. The van der Waals surface area contributed by atoms with Crippen LogP contribution < -0.4 is 0 Å². The lowest BCUT2D eigenvalue weighted by molar-refractivity contribution is -0.144. The SMILES string of the molecule is CCCCC=CCCCCCCCC(=O)OCC(C)C. The summed E-state index contributed by atoms with van der Waals surface area (Å²) in [4.78, 5) is 11.4. The van der Waals surface area contributed by atoms with Crippen LogP contribution >= 0.6 is 0 Å². The van der Waals surface area contributed by atoms with Crippen molar-refractivity contribution in [3.05, 3.63) is 12.2 Å². The highest BCUT2D eigenvalue weighted by Crippen LogP contribution is 2.09. The fourth-order valence-electron chi connectivity index (χ4n) is 1.95. The molecule has 0 aliphatic carbocycles. The molecule has 0 saturated heterocycles. The Labute approximate surface area is 126 Å². The summed E-state index contributed by atoms with van der Waals surface area (Å²) in [6, 6.07) is 0. The van der Waals surface area contributed by atoms with Crippen molar-refractivity contribution < 1.29 is 9.53 Å². The standard InChI is InChI=1S/C18H34O2/c1-4-5-6-7-8-9-10-11-12-13-14-15-18(19)20-16-17(2)3/h7-8,17H,4-6,9-16H2,1-3H3. The van der Waals surface area contributed by atoms with Crippen molar-refractivity contribution in [2.24, 2.45) is 5.92 Å². The van der Waals surface area contributed by atoms with E-state index in [1.54, 1.807) is 0 Å². The molecule has 0 aromatic rings. The predicted molar refractivity (Wildman–Crippen MR) is 86.8 cm³/mol. The fourth-order valence-corrected chi connectivity index (χ4v) is 1.95. The largest absolute Gasteiger partial charge is 0.465 e. The summed E-state index contributed by atoms with van der Waals surface area (Å²) in [7, 11) is 0. The zero-order chi connectivity index (χ0) is 15.1. The summed E-state index contributed by atoms with van der Waals surface area (Å²) >= 11 is 0. The van der Waals surface area contributed by atoms with Crippen LogP contribution in [0.4, 0.5) is 0 Å². The topological polar surface area (TPSA) is 26.3 Å². The summed E-state index contributed by atoms with van der Waals surface area (Å²) < 4.78 is 5.15. The molecule has 2 nitrogen and oxygen atoms in total. The Kier molecular flexibility index (Phi) is 14.0. The molecule has 0 aliphatic heterocycles. The molecule has 0 radical (unpaired) electrons. The summed E-state index contributed by atoms with van der Waals surface area (Å²) in [5.41, 5.74) is 0. The molecule has 0 spiro atoms. The Morgan fingerprint density at radius 2 is 1.55 bits per heavy atom. The highest BCUT2D eigenvalue weighted by Gasteiger charge is 2.03. The zero-order valence-corrected chi connectivity index (χ0v) is 13.8. The molecule has 20 heavy (non-hydrogen) atoms. The van der Waals surface area contributed by atoms with E-state index in [0.717, 1.165) is 12.8 Å². The lowest BCUT2D eigenvalue weighted by Crippen LogP contribution is -2.09. The van der Waals surface area contributed by atoms with Gasteiger partial charge < -0.3 is 4.74 Å². The first kappa shape index (κ1) is 19.2. The van der Waals surface area contributed by atoms with Crippen molar-refractivity contribution in [2.45, 2.75) is 85.0 Å². The number of rotatable bonds is 13. The zero-order valence-electron chi connectivity index (χ0n) is 13.8. The van der Waals surface area contributed by atoms with Crippen LogP contribution in [0.2, 0.25) is 0 Å².